The molecule has 2 saturated heterocycles. The molecule has 2 fully saturated rings. The van der Waals surface area contributed by atoms with Gasteiger partial charge in [-0.1, -0.05) is 6.92 Å². The van der Waals surface area contributed by atoms with Crippen LogP contribution in [0.25, 0.3) is 0 Å². The van der Waals surface area contributed by atoms with Crippen LogP contribution in [0, 0.1) is 0 Å². The van der Waals surface area contributed by atoms with Crippen molar-refractivity contribution in [1.29, 1.82) is 0 Å². The Morgan fingerprint density at radius 3 is 2.63 bits per heavy atom. The van der Waals surface area contributed by atoms with E-state index in [4.69, 9.17) is 4.74 Å². The van der Waals surface area contributed by atoms with Crippen LogP contribution < -0.4 is 10.2 Å². The first-order chi connectivity index (χ1) is 9.31. The molecule has 0 spiro atoms. The average Bonchev–Trinajstić information content (AvgIpc) is 2.77. The zero-order chi connectivity index (χ0) is 13.2. The molecule has 0 aliphatic carbocycles. The standard InChI is InChI=1S/C14H22N4O/c1-3-12-13(15-4-2)16-9-17-14(12)18-7-10-5-6-11(8-18)19-10/h9-11H,3-8H2,1-2H3,(H,15,16,17). The summed E-state index contributed by atoms with van der Waals surface area (Å²) in [6, 6.07) is 0. The van der Waals surface area contributed by atoms with Crippen molar-refractivity contribution in [2.24, 2.45) is 0 Å². The lowest BCUT2D eigenvalue weighted by Gasteiger charge is -2.34. The molecule has 3 rings (SSSR count). The van der Waals surface area contributed by atoms with Crippen molar-refractivity contribution in [3.05, 3.63) is 11.9 Å². The maximum Gasteiger partial charge on any atom is 0.137 e. The fraction of sp³-hybridized carbons (Fsp3) is 0.714. The minimum Gasteiger partial charge on any atom is -0.371 e. The third-order valence-corrected chi connectivity index (χ3v) is 3.96. The van der Waals surface area contributed by atoms with Crippen molar-refractivity contribution in [3.63, 3.8) is 0 Å². The molecule has 1 aromatic rings. The molecule has 1 aromatic heterocycles. The van der Waals surface area contributed by atoms with Gasteiger partial charge in [-0.3, -0.25) is 0 Å². The van der Waals surface area contributed by atoms with E-state index >= 15 is 0 Å². The van der Waals surface area contributed by atoms with Gasteiger partial charge in [0, 0.05) is 25.2 Å². The number of ether oxygens (including phenoxy) is 1. The zero-order valence-electron chi connectivity index (χ0n) is 11.7. The van der Waals surface area contributed by atoms with Crippen LogP contribution >= 0.6 is 0 Å². The maximum absolute atomic E-state index is 5.90. The van der Waals surface area contributed by atoms with E-state index in [9.17, 15) is 0 Å². The molecule has 5 nitrogen and oxygen atoms in total. The number of aromatic nitrogens is 2. The second-order valence-corrected chi connectivity index (χ2v) is 5.27. The molecule has 2 atom stereocenters. The molecule has 0 saturated carbocycles. The van der Waals surface area contributed by atoms with Gasteiger partial charge in [0.15, 0.2) is 0 Å². The Morgan fingerprint density at radius 1 is 1.26 bits per heavy atom. The van der Waals surface area contributed by atoms with Crippen LogP contribution in [0.2, 0.25) is 0 Å². The largest absolute Gasteiger partial charge is 0.371 e. The van der Waals surface area contributed by atoms with Crippen LogP contribution in [0.3, 0.4) is 0 Å². The number of hydrogen-bond acceptors (Lipinski definition) is 5. The van der Waals surface area contributed by atoms with Gasteiger partial charge in [0.1, 0.15) is 18.0 Å². The van der Waals surface area contributed by atoms with Crippen LogP contribution in [0.15, 0.2) is 6.33 Å². The number of hydrogen-bond donors (Lipinski definition) is 1. The van der Waals surface area contributed by atoms with Crippen LogP contribution in [0.4, 0.5) is 11.6 Å². The Morgan fingerprint density at radius 2 is 2.00 bits per heavy atom. The molecule has 2 aliphatic heterocycles. The second kappa shape index (κ2) is 5.33. The van der Waals surface area contributed by atoms with E-state index in [1.54, 1.807) is 6.33 Å². The Labute approximate surface area is 114 Å². The van der Waals surface area contributed by atoms with Gasteiger partial charge in [0.05, 0.1) is 12.2 Å². The van der Waals surface area contributed by atoms with Crippen LogP contribution in [0.1, 0.15) is 32.3 Å². The first kappa shape index (κ1) is 12.7. The Hall–Kier alpha value is -1.36. The SMILES string of the molecule is CCNc1ncnc(N2CC3CCC(C2)O3)c1CC. The zero-order valence-corrected chi connectivity index (χ0v) is 11.7. The molecule has 0 aromatic carbocycles. The monoisotopic (exact) mass is 262 g/mol. The maximum atomic E-state index is 5.90. The van der Waals surface area contributed by atoms with E-state index in [2.05, 4.69) is 34.0 Å². The van der Waals surface area contributed by atoms with Crippen molar-refractivity contribution in [1.82, 2.24) is 9.97 Å². The van der Waals surface area contributed by atoms with Gasteiger partial charge in [-0.05, 0) is 26.2 Å². The molecule has 3 heterocycles. The second-order valence-electron chi connectivity index (χ2n) is 5.27. The Balaban J connectivity index is 1.89. The highest BCUT2D eigenvalue weighted by atomic mass is 16.5. The number of fused-ring (bicyclic) bond motifs is 2. The first-order valence-electron chi connectivity index (χ1n) is 7.30. The highest BCUT2D eigenvalue weighted by molar-refractivity contribution is 5.59. The Bertz CT molecular complexity index is 439. The number of anilines is 2. The third kappa shape index (κ3) is 2.39. The molecule has 19 heavy (non-hydrogen) atoms. The minimum atomic E-state index is 0.390. The summed E-state index contributed by atoms with van der Waals surface area (Å²) < 4.78 is 5.90. The molecule has 0 amide bonds. The van der Waals surface area contributed by atoms with Gasteiger partial charge >= 0.3 is 0 Å². The summed E-state index contributed by atoms with van der Waals surface area (Å²) in [7, 11) is 0. The van der Waals surface area contributed by atoms with E-state index < -0.39 is 0 Å². The highest BCUT2D eigenvalue weighted by Gasteiger charge is 2.35. The normalized spacial score (nSPS) is 25.7. The Kier molecular flexibility index (Phi) is 3.55. The summed E-state index contributed by atoms with van der Waals surface area (Å²) in [4.78, 5) is 11.3. The van der Waals surface area contributed by atoms with E-state index in [-0.39, 0.29) is 0 Å². The molecule has 2 aliphatic rings. The molecule has 2 bridgehead atoms. The third-order valence-electron chi connectivity index (χ3n) is 3.96. The summed E-state index contributed by atoms with van der Waals surface area (Å²) in [5.41, 5.74) is 1.23. The van der Waals surface area contributed by atoms with E-state index in [1.165, 1.54) is 18.4 Å². The van der Waals surface area contributed by atoms with Crippen molar-refractivity contribution >= 4 is 11.6 Å². The minimum absolute atomic E-state index is 0.390. The fourth-order valence-corrected chi connectivity index (χ4v) is 3.11. The summed E-state index contributed by atoms with van der Waals surface area (Å²) in [6.45, 7) is 7.07. The average molecular weight is 262 g/mol. The van der Waals surface area contributed by atoms with Crippen molar-refractivity contribution in [2.75, 3.05) is 29.9 Å². The van der Waals surface area contributed by atoms with Crippen LogP contribution in [-0.2, 0) is 11.2 Å². The molecular formula is C14H22N4O. The number of rotatable bonds is 4. The number of nitrogens with one attached hydrogen (secondary N) is 1. The molecule has 0 radical (unpaired) electrons. The summed E-state index contributed by atoms with van der Waals surface area (Å²) in [6.07, 6.45) is 5.78. The molecule has 2 unspecified atom stereocenters. The van der Waals surface area contributed by atoms with Gasteiger partial charge in [0.2, 0.25) is 0 Å². The first-order valence-corrected chi connectivity index (χ1v) is 7.30. The van der Waals surface area contributed by atoms with Crippen molar-refractivity contribution < 1.29 is 4.74 Å². The summed E-state index contributed by atoms with van der Waals surface area (Å²) in [5.74, 6) is 2.07. The molecule has 104 valence electrons. The predicted octanol–water partition coefficient (Wildman–Crippen LogP) is 1.84. The molecule has 5 heteroatoms. The quantitative estimate of drug-likeness (QED) is 0.897. The van der Waals surface area contributed by atoms with Crippen LogP contribution in [-0.4, -0.2) is 41.8 Å². The van der Waals surface area contributed by atoms with Gasteiger partial charge in [-0.25, -0.2) is 9.97 Å². The summed E-state index contributed by atoms with van der Waals surface area (Å²) in [5, 5.41) is 3.34. The van der Waals surface area contributed by atoms with Gasteiger partial charge in [0.25, 0.3) is 0 Å². The van der Waals surface area contributed by atoms with Gasteiger partial charge in [-0.2, -0.15) is 0 Å². The lowest BCUT2D eigenvalue weighted by atomic mass is 10.2. The van der Waals surface area contributed by atoms with E-state index in [0.29, 0.717) is 12.2 Å². The predicted molar refractivity (Wildman–Crippen MR) is 75.7 cm³/mol. The fourth-order valence-electron chi connectivity index (χ4n) is 3.11. The smallest absolute Gasteiger partial charge is 0.137 e. The van der Waals surface area contributed by atoms with Crippen molar-refractivity contribution in [3.8, 4) is 0 Å². The van der Waals surface area contributed by atoms with Gasteiger partial charge < -0.3 is 15.0 Å². The molecule has 1 N–H and O–H groups in total. The number of morpholine rings is 1. The van der Waals surface area contributed by atoms with Gasteiger partial charge in [-0.15, -0.1) is 0 Å². The van der Waals surface area contributed by atoms with E-state index in [1.807, 2.05) is 0 Å². The lowest BCUT2D eigenvalue weighted by molar-refractivity contribution is 0.0301. The van der Waals surface area contributed by atoms with Crippen molar-refractivity contribution in [2.45, 2.75) is 45.3 Å². The van der Waals surface area contributed by atoms with Crippen LogP contribution in [0.5, 0.6) is 0 Å². The molecular weight excluding hydrogens is 240 g/mol. The highest BCUT2D eigenvalue weighted by Crippen LogP contribution is 2.31. The topological polar surface area (TPSA) is 50.3 Å². The van der Waals surface area contributed by atoms with E-state index in [0.717, 1.165) is 37.7 Å². The lowest BCUT2D eigenvalue weighted by Crippen LogP contribution is -2.43. The number of nitrogens with zero attached hydrogens (tertiary/aromatic N) is 3. The summed E-state index contributed by atoms with van der Waals surface area (Å²) >= 11 is 0.